The van der Waals surface area contributed by atoms with Crippen LogP contribution >= 0.6 is 0 Å². The Labute approximate surface area is 163 Å². The number of hydrogen-bond donors (Lipinski definition) is 1. The number of aryl methyl sites for hydroxylation is 1. The lowest BCUT2D eigenvalue weighted by atomic mass is 10.1. The first-order valence-electron chi connectivity index (χ1n) is 8.96. The topological polar surface area (TPSA) is 110 Å². The zero-order chi connectivity index (χ0) is 20.3. The van der Waals surface area contributed by atoms with Crippen LogP contribution in [0.5, 0.6) is 0 Å². The van der Waals surface area contributed by atoms with E-state index in [1.165, 1.54) is 34.6 Å². The van der Waals surface area contributed by atoms with Crippen molar-refractivity contribution in [3.63, 3.8) is 0 Å². The quantitative estimate of drug-likeness (QED) is 0.608. The van der Waals surface area contributed by atoms with Gasteiger partial charge in [0, 0.05) is 24.8 Å². The summed E-state index contributed by atoms with van der Waals surface area (Å²) < 4.78 is 27.4. The molecule has 0 unspecified atom stereocenters. The van der Waals surface area contributed by atoms with Gasteiger partial charge in [0.1, 0.15) is 5.56 Å². The molecule has 1 saturated heterocycles. The van der Waals surface area contributed by atoms with Gasteiger partial charge in [-0.2, -0.15) is 4.31 Å². The highest BCUT2D eigenvalue weighted by Crippen LogP contribution is 2.27. The summed E-state index contributed by atoms with van der Waals surface area (Å²) in [5.41, 5.74) is 0.445. The average Bonchev–Trinajstić information content (AvgIpc) is 2.70. The summed E-state index contributed by atoms with van der Waals surface area (Å²) in [6, 6.07) is 10.2. The van der Waals surface area contributed by atoms with Crippen LogP contribution in [0.1, 0.15) is 35.2 Å². The first kappa shape index (κ1) is 20.0. The third-order valence-corrected chi connectivity index (χ3v) is 6.76. The van der Waals surface area contributed by atoms with Gasteiger partial charge in [0.15, 0.2) is 0 Å². The molecule has 0 spiro atoms. The van der Waals surface area contributed by atoms with Gasteiger partial charge in [-0.3, -0.25) is 14.9 Å². The maximum Gasteiger partial charge on any atom is 0.282 e. The maximum atomic E-state index is 13.0. The van der Waals surface area contributed by atoms with E-state index < -0.39 is 20.9 Å². The molecule has 28 heavy (non-hydrogen) atoms. The molecule has 1 aliphatic heterocycles. The van der Waals surface area contributed by atoms with Crippen molar-refractivity contribution in [1.29, 1.82) is 0 Å². The fourth-order valence-electron chi connectivity index (χ4n) is 3.22. The number of rotatable bonds is 5. The van der Waals surface area contributed by atoms with E-state index in [1.54, 1.807) is 19.1 Å². The van der Waals surface area contributed by atoms with E-state index in [2.05, 4.69) is 5.32 Å². The maximum absolute atomic E-state index is 13.0. The minimum atomic E-state index is -3.66. The van der Waals surface area contributed by atoms with Gasteiger partial charge in [0.05, 0.1) is 9.82 Å². The summed E-state index contributed by atoms with van der Waals surface area (Å²) in [4.78, 5) is 23.1. The van der Waals surface area contributed by atoms with E-state index in [1.807, 2.05) is 0 Å². The molecule has 0 atom stereocenters. The van der Waals surface area contributed by atoms with Crippen molar-refractivity contribution in [1.82, 2.24) is 4.31 Å². The standard InChI is InChI=1S/C19H21N3O5S/c1-14-9-10-15(13-18(14)28(26,27)21-11-5-2-6-12-21)20-19(23)16-7-3-4-8-17(16)22(24)25/h3-4,7-10,13H,2,5-6,11-12H2,1H3,(H,20,23). The molecular formula is C19H21N3O5S. The highest BCUT2D eigenvalue weighted by atomic mass is 32.2. The number of hydrogen-bond acceptors (Lipinski definition) is 5. The predicted octanol–water partition coefficient (Wildman–Crippen LogP) is 3.33. The van der Waals surface area contributed by atoms with Gasteiger partial charge in [-0.05, 0) is 43.5 Å². The van der Waals surface area contributed by atoms with Crippen LogP contribution in [0.25, 0.3) is 0 Å². The summed E-state index contributed by atoms with van der Waals surface area (Å²) in [6.45, 7) is 2.66. The van der Waals surface area contributed by atoms with Gasteiger partial charge < -0.3 is 5.32 Å². The number of amides is 1. The van der Waals surface area contributed by atoms with Crippen molar-refractivity contribution in [2.24, 2.45) is 0 Å². The van der Waals surface area contributed by atoms with Crippen LogP contribution in [0.4, 0.5) is 11.4 Å². The van der Waals surface area contributed by atoms with Crippen molar-refractivity contribution in [2.75, 3.05) is 18.4 Å². The normalized spacial score (nSPS) is 15.2. The van der Waals surface area contributed by atoms with E-state index in [0.29, 0.717) is 18.7 Å². The average molecular weight is 403 g/mol. The Morgan fingerprint density at radius 1 is 1.11 bits per heavy atom. The molecule has 0 radical (unpaired) electrons. The summed E-state index contributed by atoms with van der Waals surface area (Å²) in [7, 11) is -3.66. The second kappa shape index (κ2) is 8.07. The number of sulfonamides is 1. The highest BCUT2D eigenvalue weighted by molar-refractivity contribution is 7.89. The molecule has 1 heterocycles. The van der Waals surface area contributed by atoms with Gasteiger partial charge in [0.25, 0.3) is 11.6 Å². The molecule has 0 bridgehead atoms. The molecule has 1 amide bonds. The Hall–Kier alpha value is -2.78. The van der Waals surface area contributed by atoms with Crippen LogP contribution in [-0.4, -0.2) is 36.6 Å². The number of para-hydroxylation sites is 1. The van der Waals surface area contributed by atoms with Crippen molar-refractivity contribution < 1.29 is 18.1 Å². The zero-order valence-electron chi connectivity index (χ0n) is 15.4. The summed E-state index contributed by atoms with van der Waals surface area (Å²) >= 11 is 0. The molecule has 1 fully saturated rings. The third-order valence-electron chi connectivity index (χ3n) is 4.72. The minimum Gasteiger partial charge on any atom is -0.322 e. The van der Waals surface area contributed by atoms with Crippen LogP contribution < -0.4 is 5.32 Å². The van der Waals surface area contributed by atoms with E-state index >= 15 is 0 Å². The fourth-order valence-corrected chi connectivity index (χ4v) is 4.99. The summed E-state index contributed by atoms with van der Waals surface area (Å²) in [6.07, 6.45) is 2.66. The first-order chi connectivity index (χ1) is 13.3. The van der Waals surface area contributed by atoms with Crippen LogP contribution in [0.3, 0.4) is 0 Å². The Morgan fingerprint density at radius 3 is 2.46 bits per heavy atom. The lowest BCUT2D eigenvalue weighted by Crippen LogP contribution is -2.36. The van der Waals surface area contributed by atoms with Crippen LogP contribution in [0.2, 0.25) is 0 Å². The number of anilines is 1. The van der Waals surface area contributed by atoms with E-state index in [9.17, 15) is 23.3 Å². The van der Waals surface area contributed by atoms with Crippen LogP contribution in [-0.2, 0) is 10.0 Å². The van der Waals surface area contributed by atoms with Gasteiger partial charge in [0.2, 0.25) is 10.0 Å². The van der Waals surface area contributed by atoms with Gasteiger partial charge in [-0.25, -0.2) is 8.42 Å². The molecule has 1 N–H and O–H groups in total. The number of carbonyl (C=O) groups excluding carboxylic acids is 1. The monoisotopic (exact) mass is 403 g/mol. The molecule has 2 aromatic carbocycles. The molecule has 148 valence electrons. The molecular weight excluding hydrogens is 382 g/mol. The van der Waals surface area contributed by atoms with E-state index in [0.717, 1.165) is 19.3 Å². The first-order valence-corrected chi connectivity index (χ1v) is 10.4. The zero-order valence-corrected chi connectivity index (χ0v) is 16.2. The van der Waals surface area contributed by atoms with Gasteiger partial charge in [-0.1, -0.05) is 24.6 Å². The number of nitro groups is 1. The Balaban J connectivity index is 1.90. The van der Waals surface area contributed by atoms with E-state index in [4.69, 9.17) is 0 Å². The number of piperidine rings is 1. The smallest absolute Gasteiger partial charge is 0.282 e. The molecule has 9 heteroatoms. The molecule has 0 aromatic heterocycles. The fraction of sp³-hybridized carbons (Fsp3) is 0.316. The summed E-state index contributed by atoms with van der Waals surface area (Å²) in [5.74, 6) is -0.669. The van der Waals surface area contributed by atoms with Gasteiger partial charge in [-0.15, -0.1) is 0 Å². The lowest BCUT2D eigenvalue weighted by Gasteiger charge is -2.26. The van der Waals surface area contributed by atoms with Crippen molar-refractivity contribution in [3.05, 3.63) is 63.7 Å². The molecule has 8 nitrogen and oxygen atoms in total. The number of carbonyl (C=O) groups is 1. The number of nitrogens with zero attached hydrogens (tertiary/aromatic N) is 2. The molecule has 0 aliphatic carbocycles. The van der Waals surface area contributed by atoms with Crippen molar-refractivity contribution in [3.8, 4) is 0 Å². The number of nitrogens with one attached hydrogen (secondary N) is 1. The van der Waals surface area contributed by atoms with E-state index in [-0.39, 0.29) is 21.8 Å². The molecule has 3 rings (SSSR count). The largest absolute Gasteiger partial charge is 0.322 e. The Bertz CT molecular complexity index is 1010. The van der Waals surface area contributed by atoms with Crippen molar-refractivity contribution in [2.45, 2.75) is 31.1 Å². The highest BCUT2D eigenvalue weighted by Gasteiger charge is 2.28. The summed E-state index contributed by atoms with van der Waals surface area (Å²) in [5, 5.41) is 13.7. The second-order valence-electron chi connectivity index (χ2n) is 6.67. The third kappa shape index (κ3) is 4.05. The van der Waals surface area contributed by atoms with Crippen molar-refractivity contribution >= 4 is 27.3 Å². The van der Waals surface area contributed by atoms with Crippen LogP contribution in [0, 0.1) is 17.0 Å². The molecule has 2 aromatic rings. The minimum absolute atomic E-state index is 0.0893. The Kier molecular flexibility index (Phi) is 5.76. The Morgan fingerprint density at radius 2 is 1.79 bits per heavy atom. The van der Waals surface area contributed by atoms with Crippen LogP contribution in [0.15, 0.2) is 47.4 Å². The number of nitro benzene ring substituents is 1. The lowest BCUT2D eigenvalue weighted by molar-refractivity contribution is -0.385. The molecule has 0 saturated carbocycles. The predicted molar refractivity (Wildman–Crippen MR) is 105 cm³/mol. The second-order valence-corrected chi connectivity index (χ2v) is 8.58. The number of benzene rings is 2. The SMILES string of the molecule is Cc1ccc(NC(=O)c2ccccc2[N+](=O)[O-])cc1S(=O)(=O)N1CCCCC1. The molecule has 1 aliphatic rings. The van der Waals surface area contributed by atoms with Gasteiger partial charge >= 0.3 is 0 Å².